The Labute approximate surface area is 114 Å². The lowest BCUT2D eigenvalue weighted by atomic mass is 10.1. The van der Waals surface area contributed by atoms with E-state index < -0.39 is 0 Å². The van der Waals surface area contributed by atoms with E-state index in [9.17, 15) is 0 Å². The molecule has 0 heterocycles. The average molecular weight is 273 g/mol. The molecule has 0 aromatic carbocycles. The van der Waals surface area contributed by atoms with Crippen molar-refractivity contribution in [3.8, 4) is 0 Å². The second-order valence-corrected chi connectivity index (χ2v) is 6.44. The molecule has 17 heavy (non-hydrogen) atoms. The fourth-order valence-electron chi connectivity index (χ4n) is 1.53. The van der Waals surface area contributed by atoms with Gasteiger partial charge in [0.2, 0.25) is 0 Å². The summed E-state index contributed by atoms with van der Waals surface area (Å²) in [7, 11) is 13.6. The zero-order valence-corrected chi connectivity index (χ0v) is 13.3. The summed E-state index contributed by atoms with van der Waals surface area (Å²) in [5, 5.41) is 0. The summed E-state index contributed by atoms with van der Waals surface area (Å²) in [4.78, 5) is 0. The van der Waals surface area contributed by atoms with Gasteiger partial charge in [-0.3, -0.25) is 0 Å². The minimum atomic E-state index is 0. The summed E-state index contributed by atoms with van der Waals surface area (Å²) < 4.78 is 2.21. The highest BCUT2D eigenvalue weighted by atomic mass is 35.5. The molecule has 110 valence electrons. The molecule has 0 radical (unpaired) electrons. The second-order valence-electron chi connectivity index (χ2n) is 6.44. The van der Waals surface area contributed by atoms with Crippen molar-refractivity contribution >= 4 is 12.4 Å². The Morgan fingerprint density at radius 2 is 0.765 bits per heavy atom. The van der Waals surface area contributed by atoms with Crippen LogP contribution >= 0.6 is 12.4 Å². The molecule has 0 aliphatic heterocycles. The molecule has 0 unspecified atom stereocenters. The van der Waals surface area contributed by atoms with Crippen molar-refractivity contribution < 1.29 is 19.9 Å². The summed E-state index contributed by atoms with van der Waals surface area (Å²) in [6.07, 6.45) is 5.55. The van der Waals surface area contributed by atoms with Crippen LogP contribution in [0.4, 0.5) is 0 Å². The van der Waals surface area contributed by atoms with E-state index in [0.717, 1.165) is 8.97 Å². The first-order valence-electron chi connectivity index (χ1n) is 5.82. The summed E-state index contributed by atoms with van der Waals surface area (Å²) >= 11 is 0. The van der Waals surface area contributed by atoms with Gasteiger partial charge < -0.3 is 19.9 Å². The molecule has 0 aliphatic carbocycles. The van der Waals surface area contributed by atoms with E-state index >= 15 is 0 Å². The second kappa shape index (κ2) is 11.2. The Morgan fingerprint density at radius 1 is 0.529 bits per heavy atom. The van der Waals surface area contributed by atoms with Gasteiger partial charge in [-0.05, 0) is 25.7 Å². The van der Waals surface area contributed by atoms with Crippen molar-refractivity contribution in [3.63, 3.8) is 0 Å². The summed E-state index contributed by atoms with van der Waals surface area (Å²) in [6.45, 7) is 2.62. The smallest absolute Gasteiger partial charge is 0.0780 e. The number of hydrogen-bond donors (Lipinski definition) is 0. The highest BCUT2D eigenvalue weighted by Gasteiger charge is 2.07. The van der Waals surface area contributed by atoms with Crippen molar-refractivity contribution in [2.75, 3.05) is 55.4 Å². The maximum atomic E-state index is 2.27. The number of unbranched alkanes of at least 4 members (excludes halogenated alkanes) is 3. The van der Waals surface area contributed by atoms with E-state index in [1.54, 1.807) is 0 Å². The third-order valence-electron chi connectivity index (χ3n) is 2.41. The summed E-state index contributed by atoms with van der Waals surface area (Å²) in [5.41, 5.74) is 0. The Balaban J connectivity index is -0.000000282. The molecule has 2 N–H and O–H groups in total. The van der Waals surface area contributed by atoms with E-state index in [0.29, 0.717) is 0 Å². The molecule has 0 saturated carbocycles. The van der Waals surface area contributed by atoms with Crippen molar-refractivity contribution in [3.05, 3.63) is 0 Å². The van der Waals surface area contributed by atoms with Crippen LogP contribution in [0.3, 0.4) is 0 Å². The van der Waals surface area contributed by atoms with Crippen LogP contribution in [0.15, 0.2) is 0 Å². The average Bonchev–Trinajstić information content (AvgIpc) is 1.92. The number of halogens is 1. The minimum Gasteiger partial charge on any atom is -0.870 e. The van der Waals surface area contributed by atoms with Crippen LogP contribution in [0.2, 0.25) is 0 Å². The predicted octanol–water partition coefficient (Wildman–Crippen LogP) is 2.03. The number of nitrogens with zero attached hydrogens (tertiary/aromatic N) is 2. The lowest BCUT2D eigenvalue weighted by Crippen LogP contribution is -2.35. The molecule has 4 nitrogen and oxygen atoms in total. The van der Waals surface area contributed by atoms with E-state index in [-0.39, 0.29) is 23.4 Å². The first-order valence-corrected chi connectivity index (χ1v) is 5.82. The first kappa shape index (κ1) is 25.9. The molecule has 0 aromatic rings. The van der Waals surface area contributed by atoms with E-state index in [1.165, 1.54) is 38.8 Å². The lowest BCUT2D eigenvalue weighted by Gasteiger charge is -2.25. The Hall–Kier alpha value is 0.130. The van der Waals surface area contributed by atoms with Crippen molar-refractivity contribution in [1.29, 1.82) is 0 Å². The Morgan fingerprint density at radius 3 is 0.941 bits per heavy atom. The highest BCUT2D eigenvalue weighted by molar-refractivity contribution is 5.85. The number of rotatable bonds is 7. The van der Waals surface area contributed by atoms with Crippen LogP contribution in [-0.2, 0) is 0 Å². The van der Waals surface area contributed by atoms with Crippen molar-refractivity contribution in [2.24, 2.45) is 0 Å². The van der Waals surface area contributed by atoms with Crippen molar-refractivity contribution in [1.82, 2.24) is 0 Å². The van der Waals surface area contributed by atoms with Crippen LogP contribution in [0.5, 0.6) is 0 Å². The fourth-order valence-corrected chi connectivity index (χ4v) is 1.53. The van der Waals surface area contributed by atoms with Gasteiger partial charge in [0.05, 0.1) is 55.4 Å². The van der Waals surface area contributed by atoms with Gasteiger partial charge in [-0.15, -0.1) is 12.4 Å². The largest absolute Gasteiger partial charge is 0.870 e. The van der Waals surface area contributed by atoms with Crippen molar-refractivity contribution in [2.45, 2.75) is 25.7 Å². The molecule has 0 aromatic heterocycles. The standard InChI is InChI=1S/C12H30N2.ClH.2H2O/c1-13(2,3)11-9-7-8-10-12-14(4,5)6;;;/h7-12H2,1-6H3;1H;2*1H2/q+2;;;/p-2. The van der Waals surface area contributed by atoms with E-state index in [2.05, 4.69) is 42.3 Å². The van der Waals surface area contributed by atoms with E-state index in [4.69, 9.17) is 0 Å². The van der Waals surface area contributed by atoms with Gasteiger partial charge >= 0.3 is 0 Å². The molecule has 0 spiro atoms. The van der Waals surface area contributed by atoms with Crippen LogP contribution < -0.4 is 0 Å². The zero-order valence-electron chi connectivity index (χ0n) is 12.4. The van der Waals surface area contributed by atoms with E-state index in [1.807, 2.05) is 0 Å². The molecule has 0 saturated heterocycles. The first-order chi connectivity index (χ1) is 6.21. The van der Waals surface area contributed by atoms with Gasteiger partial charge in [-0.1, -0.05) is 0 Å². The molecule has 0 atom stereocenters. The van der Waals surface area contributed by atoms with Gasteiger partial charge in [0.1, 0.15) is 0 Å². The maximum Gasteiger partial charge on any atom is 0.0780 e. The van der Waals surface area contributed by atoms with Gasteiger partial charge in [0.15, 0.2) is 0 Å². The molecule has 0 fully saturated rings. The molecule has 0 amide bonds. The monoisotopic (exact) mass is 272 g/mol. The number of quaternary nitrogens is 2. The molecular weight excluding hydrogens is 240 g/mol. The molecule has 5 heteroatoms. The normalized spacial score (nSPS) is 10.9. The van der Waals surface area contributed by atoms with Crippen LogP contribution in [-0.4, -0.2) is 75.3 Å². The van der Waals surface area contributed by atoms with Crippen LogP contribution in [0.25, 0.3) is 0 Å². The predicted molar refractivity (Wildman–Crippen MR) is 75.4 cm³/mol. The molecule has 0 bridgehead atoms. The topological polar surface area (TPSA) is 60.0 Å². The van der Waals surface area contributed by atoms with Gasteiger partial charge in [-0.25, -0.2) is 0 Å². The highest BCUT2D eigenvalue weighted by Crippen LogP contribution is 2.05. The lowest BCUT2D eigenvalue weighted by molar-refractivity contribution is -0.871. The maximum absolute atomic E-state index is 2.27. The summed E-state index contributed by atoms with van der Waals surface area (Å²) in [5.74, 6) is 0. The number of hydrogen-bond acceptors (Lipinski definition) is 2. The molecular formula is C12H33ClN2O2. The fraction of sp³-hybridized carbons (Fsp3) is 1.00. The zero-order chi connectivity index (χ0) is 11.2. The van der Waals surface area contributed by atoms with Crippen LogP contribution in [0, 0.1) is 0 Å². The van der Waals surface area contributed by atoms with Crippen LogP contribution in [0.1, 0.15) is 25.7 Å². The molecule has 0 aliphatic rings. The van der Waals surface area contributed by atoms with Gasteiger partial charge in [-0.2, -0.15) is 0 Å². The quantitative estimate of drug-likeness (QED) is 0.526. The minimum absolute atomic E-state index is 0. The summed E-state index contributed by atoms with van der Waals surface area (Å²) in [6, 6.07) is 0. The SMILES string of the molecule is C[N+](C)(C)CCCCCC[N+](C)(C)C.Cl.[OH-].[OH-]. The van der Waals surface area contributed by atoms with Gasteiger partial charge in [0, 0.05) is 0 Å². The van der Waals surface area contributed by atoms with Gasteiger partial charge in [0.25, 0.3) is 0 Å². The Kier molecular flexibility index (Phi) is 17.1. The third-order valence-corrected chi connectivity index (χ3v) is 2.41. The molecule has 0 rings (SSSR count). The third kappa shape index (κ3) is 26.0. The Bertz CT molecular complexity index is 136.